The van der Waals surface area contributed by atoms with E-state index in [4.69, 9.17) is 0 Å². The molecule has 110 valence electrons. The third-order valence-electron chi connectivity index (χ3n) is 5.05. The Morgan fingerprint density at radius 2 is 2.05 bits per heavy atom. The van der Waals surface area contributed by atoms with Gasteiger partial charge in [0.1, 0.15) is 0 Å². The number of hydrogen-bond donors (Lipinski definition) is 1. The molecule has 1 aliphatic carbocycles. The van der Waals surface area contributed by atoms with Gasteiger partial charge in [-0.15, -0.1) is 0 Å². The van der Waals surface area contributed by atoms with Crippen LogP contribution in [0.2, 0.25) is 0 Å². The normalized spacial score (nSPS) is 26.5. The van der Waals surface area contributed by atoms with Gasteiger partial charge in [-0.3, -0.25) is 4.90 Å². The molecule has 1 N–H and O–H groups in total. The average molecular weight is 272 g/mol. The largest absolute Gasteiger partial charge is 0.313 e. The topological polar surface area (TPSA) is 15.3 Å². The molecule has 2 nitrogen and oxygen atoms in total. The van der Waals surface area contributed by atoms with E-state index in [9.17, 15) is 0 Å². The average Bonchev–Trinajstić information content (AvgIpc) is 2.90. The lowest BCUT2D eigenvalue weighted by Crippen LogP contribution is -2.39. The number of rotatable bonds is 4. The minimum Gasteiger partial charge on any atom is -0.313 e. The third-order valence-corrected chi connectivity index (χ3v) is 5.05. The summed E-state index contributed by atoms with van der Waals surface area (Å²) in [5, 5.41) is 3.66. The highest BCUT2D eigenvalue weighted by Gasteiger charge is 2.26. The zero-order valence-electron chi connectivity index (χ0n) is 12.8. The zero-order chi connectivity index (χ0) is 13.8. The van der Waals surface area contributed by atoms with Crippen LogP contribution in [0.3, 0.4) is 0 Å². The Kier molecular flexibility index (Phi) is 4.74. The summed E-state index contributed by atoms with van der Waals surface area (Å²) in [5.74, 6) is 0. The highest BCUT2D eigenvalue weighted by atomic mass is 15.2. The number of aryl methyl sites for hydroxylation is 1. The zero-order valence-corrected chi connectivity index (χ0v) is 12.8. The molecule has 1 aromatic rings. The van der Waals surface area contributed by atoms with Gasteiger partial charge in [0.2, 0.25) is 0 Å². The first-order valence-electron chi connectivity index (χ1n) is 8.43. The van der Waals surface area contributed by atoms with Crippen molar-refractivity contribution in [2.45, 2.75) is 57.5 Å². The first-order valence-corrected chi connectivity index (χ1v) is 8.43. The molecule has 0 amide bonds. The molecule has 1 aliphatic heterocycles. The minimum absolute atomic E-state index is 0.640. The molecule has 3 rings (SSSR count). The van der Waals surface area contributed by atoms with Gasteiger partial charge < -0.3 is 5.32 Å². The van der Waals surface area contributed by atoms with Gasteiger partial charge >= 0.3 is 0 Å². The summed E-state index contributed by atoms with van der Waals surface area (Å²) >= 11 is 0. The lowest BCUT2D eigenvalue weighted by Gasteiger charge is -2.33. The Labute approximate surface area is 123 Å². The van der Waals surface area contributed by atoms with Crippen LogP contribution in [0.1, 0.15) is 56.2 Å². The summed E-state index contributed by atoms with van der Waals surface area (Å²) in [6.07, 6.45) is 8.03. The van der Waals surface area contributed by atoms with Gasteiger partial charge in [-0.1, -0.05) is 37.6 Å². The standard InChI is InChI=1S/C18H28N2/c1-2-20(14-16-10-7-13-19-16)18-12-6-4-9-15-8-3-5-11-17(15)18/h3,5,8,11,16,18-19H,2,4,6-7,9-10,12-14H2,1H3. The van der Waals surface area contributed by atoms with Crippen LogP contribution in [0.5, 0.6) is 0 Å². The number of benzene rings is 1. The number of nitrogens with one attached hydrogen (secondary N) is 1. The fourth-order valence-electron chi connectivity index (χ4n) is 3.95. The summed E-state index contributed by atoms with van der Waals surface area (Å²) in [7, 11) is 0. The number of likely N-dealkylation sites (N-methyl/N-ethyl adjacent to an activating group) is 1. The van der Waals surface area contributed by atoms with E-state index >= 15 is 0 Å². The van der Waals surface area contributed by atoms with Crippen molar-refractivity contribution in [1.82, 2.24) is 10.2 Å². The van der Waals surface area contributed by atoms with Crippen molar-refractivity contribution >= 4 is 0 Å². The highest BCUT2D eigenvalue weighted by Crippen LogP contribution is 2.33. The van der Waals surface area contributed by atoms with Crippen molar-refractivity contribution in [3.05, 3.63) is 35.4 Å². The highest BCUT2D eigenvalue weighted by molar-refractivity contribution is 5.31. The maximum atomic E-state index is 3.66. The molecule has 1 fully saturated rings. The molecular formula is C18H28N2. The lowest BCUT2D eigenvalue weighted by molar-refractivity contribution is 0.180. The summed E-state index contributed by atoms with van der Waals surface area (Å²) in [5.41, 5.74) is 3.19. The van der Waals surface area contributed by atoms with Gasteiger partial charge in [-0.05, 0) is 56.3 Å². The van der Waals surface area contributed by atoms with Crippen molar-refractivity contribution in [2.24, 2.45) is 0 Å². The first-order chi connectivity index (χ1) is 9.88. The second-order valence-corrected chi connectivity index (χ2v) is 6.34. The number of fused-ring (bicyclic) bond motifs is 1. The van der Waals surface area contributed by atoms with E-state index in [2.05, 4.69) is 41.4 Å². The molecule has 0 spiro atoms. The Balaban J connectivity index is 1.79. The van der Waals surface area contributed by atoms with Crippen molar-refractivity contribution in [3.8, 4) is 0 Å². The van der Waals surface area contributed by atoms with Crippen LogP contribution in [0.4, 0.5) is 0 Å². The van der Waals surface area contributed by atoms with Gasteiger partial charge in [0.15, 0.2) is 0 Å². The van der Waals surface area contributed by atoms with Crippen molar-refractivity contribution in [2.75, 3.05) is 19.6 Å². The van der Waals surface area contributed by atoms with Crippen LogP contribution in [0.15, 0.2) is 24.3 Å². The van der Waals surface area contributed by atoms with E-state index in [1.165, 1.54) is 51.6 Å². The molecular weight excluding hydrogens is 244 g/mol. The monoisotopic (exact) mass is 272 g/mol. The minimum atomic E-state index is 0.640. The lowest BCUT2D eigenvalue weighted by atomic mass is 9.97. The predicted molar refractivity (Wildman–Crippen MR) is 85.0 cm³/mol. The fourth-order valence-corrected chi connectivity index (χ4v) is 3.95. The summed E-state index contributed by atoms with van der Waals surface area (Å²) in [6, 6.07) is 10.5. The molecule has 2 aliphatic rings. The predicted octanol–water partition coefficient (Wildman–Crippen LogP) is 3.53. The number of hydrogen-bond acceptors (Lipinski definition) is 2. The summed E-state index contributed by atoms with van der Waals surface area (Å²) in [4.78, 5) is 2.72. The molecule has 1 heterocycles. The van der Waals surface area contributed by atoms with Gasteiger partial charge in [0.25, 0.3) is 0 Å². The van der Waals surface area contributed by atoms with Crippen LogP contribution in [-0.2, 0) is 6.42 Å². The van der Waals surface area contributed by atoms with Crippen molar-refractivity contribution < 1.29 is 0 Å². The van der Waals surface area contributed by atoms with E-state index in [1.807, 2.05) is 0 Å². The quantitative estimate of drug-likeness (QED) is 0.844. The van der Waals surface area contributed by atoms with E-state index < -0.39 is 0 Å². The summed E-state index contributed by atoms with van der Waals surface area (Å²) in [6.45, 7) is 5.92. The summed E-state index contributed by atoms with van der Waals surface area (Å²) < 4.78 is 0. The molecule has 2 atom stereocenters. The van der Waals surface area contributed by atoms with Crippen LogP contribution in [-0.4, -0.2) is 30.6 Å². The molecule has 1 saturated heterocycles. The Morgan fingerprint density at radius 1 is 1.15 bits per heavy atom. The smallest absolute Gasteiger partial charge is 0.0351 e. The van der Waals surface area contributed by atoms with Crippen LogP contribution in [0, 0.1) is 0 Å². The SMILES string of the molecule is CCN(CC1CCCN1)C1CCCCc2ccccc21. The Morgan fingerprint density at radius 3 is 2.85 bits per heavy atom. The molecule has 0 aromatic heterocycles. The van der Waals surface area contributed by atoms with Crippen LogP contribution >= 0.6 is 0 Å². The van der Waals surface area contributed by atoms with E-state index in [0.717, 1.165) is 6.54 Å². The van der Waals surface area contributed by atoms with E-state index in [0.29, 0.717) is 12.1 Å². The van der Waals surface area contributed by atoms with Gasteiger partial charge in [-0.2, -0.15) is 0 Å². The second-order valence-electron chi connectivity index (χ2n) is 6.34. The number of nitrogens with zero attached hydrogens (tertiary/aromatic N) is 1. The van der Waals surface area contributed by atoms with Gasteiger partial charge in [-0.25, -0.2) is 0 Å². The molecule has 0 bridgehead atoms. The molecule has 2 unspecified atom stereocenters. The maximum absolute atomic E-state index is 3.66. The van der Waals surface area contributed by atoms with Crippen LogP contribution in [0.25, 0.3) is 0 Å². The first kappa shape index (κ1) is 14.1. The molecule has 0 saturated carbocycles. The Bertz CT molecular complexity index is 423. The second kappa shape index (κ2) is 6.73. The molecule has 20 heavy (non-hydrogen) atoms. The molecule has 2 heteroatoms. The van der Waals surface area contributed by atoms with Crippen LogP contribution < -0.4 is 5.32 Å². The van der Waals surface area contributed by atoms with Gasteiger partial charge in [0.05, 0.1) is 0 Å². The molecule has 1 aromatic carbocycles. The van der Waals surface area contributed by atoms with E-state index in [-0.39, 0.29) is 0 Å². The third kappa shape index (κ3) is 3.07. The molecule has 0 radical (unpaired) electrons. The Hall–Kier alpha value is -0.860. The van der Waals surface area contributed by atoms with Crippen molar-refractivity contribution in [3.63, 3.8) is 0 Å². The maximum Gasteiger partial charge on any atom is 0.0351 e. The van der Waals surface area contributed by atoms with E-state index in [1.54, 1.807) is 11.1 Å². The van der Waals surface area contributed by atoms with Crippen molar-refractivity contribution in [1.29, 1.82) is 0 Å². The fraction of sp³-hybridized carbons (Fsp3) is 0.667. The van der Waals surface area contributed by atoms with Gasteiger partial charge in [0, 0.05) is 18.6 Å².